The van der Waals surface area contributed by atoms with Crippen molar-refractivity contribution in [3.05, 3.63) is 392 Å². The summed E-state index contributed by atoms with van der Waals surface area (Å²) in [5.41, 5.74) is 3.72. The van der Waals surface area contributed by atoms with Gasteiger partial charge in [0.25, 0.3) is 5.95 Å². The second-order valence-electron chi connectivity index (χ2n) is 28.4. The molecule has 0 aliphatic carbocycles. The number of phenolic OH excluding ortho intramolecular Hbond substituents is 7. The first-order valence-electron chi connectivity index (χ1n) is 39.7. The van der Waals surface area contributed by atoms with Crippen molar-refractivity contribution in [3.63, 3.8) is 0 Å². The van der Waals surface area contributed by atoms with Gasteiger partial charge in [-0.1, -0.05) is 78.9 Å². The predicted octanol–water partition coefficient (Wildman–Crippen LogP) is 10.5. The van der Waals surface area contributed by atoms with Crippen LogP contribution in [0.3, 0.4) is 0 Å². The third-order valence-corrected chi connectivity index (χ3v) is 19.1. The number of phenols is 7. The maximum Gasteiger partial charge on any atom is 0.284 e. The zero-order valence-corrected chi connectivity index (χ0v) is 69.4. The fourth-order valence-electron chi connectivity index (χ4n) is 12.2. The predicted molar refractivity (Wildman–Crippen MR) is 458 cm³/mol. The summed E-state index contributed by atoms with van der Waals surface area (Å²) in [7, 11) is 1.51. The molecule has 1 aliphatic rings. The van der Waals surface area contributed by atoms with Crippen LogP contribution in [0.1, 0.15) is 171 Å². The molecule has 1 fully saturated rings. The standard InChI is InChI=1S/C36H32O12.C18H16O4.C12H12O4.C6H12O6.C6H8O3.C6H6O3.2C6H6O/c37-16-24-3-2-23(45-24)15-21-14-20(1-7-29(21)40)33(41)30-8-4-22(46-30)11-19-12-27(35(43)31-9-5-25(17-38)47-31)34(42)28(13-19)36(44)32-10-6-26(18-39)48-32;19-14-5-1-12(2-6-14)11-16-9-10-17(22-16)18(21)13-3-7-15(20)8-4-13;13-7-10-5-6-11(16-10)12(15)8-1-3-9(14)4-2-8;7-1-2-3(8)4(9)5(10)6(11)12-2;1-8-6-3-2-5(4-7)9-6;7-3-5-1-2-6(4-8)9-5;2*7-6-4-2-1-3-5-6/h1-10,12-14,16,33,35-36,38-44H,11,15,17-18H2;1-10,18-21H,11H2;1-6,12-15H,7H2;2-11H,1H2;2-3,7H,4H2,1H3;1-3,8H,4H2;2*1-5,7H. The van der Waals surface area contributed by atoms with Gasteiger partial charge in [0.15, 0.2) is 30.4 Å². The summed E-state index contributed by atoms with van der Waals surface area (Å²) in [6.07, 6.45) is -10.9. The molecule has 1 aliphatic heterocycles. The molecule has 0 bridgehead atoms. The van der Waals surface area contributed by atoms with Crippen LogP contribution in [0.4, 0.5) is 0 Å². The molecule has 16 rings (SSSR count). The highest BCUT2D eigenvalue weighted by Crippen LogP contribution is 2.41. The summed E-state index contributed by atoms with van der Waals surface area (Å²) in [6, 6.07) is 70.1. The molecule has 1 saturated heterocycles. The van der Waals surface area contributed by atoms with Crippen molar-refractivity contribution in [2.75, 3.05) is 13.7 Å². The summed E-state index contributed by atoms with van der Waals surface area (Å²) in [6.45, 7) is -1.74. The molecule has 8 aromatic heterocycles. The molecule has 9 heterocycles. The third-order valence-electron chi connectivity index (χ3n) is 19.1. The van der Waals surface area contributed by atoms with Crippen molar-refractivity contribution in [2.45, 2.75) is 114 Å². The highest BCUT2D eigenvalue weighted by atomic mass is 16.6. The number of benzene rings is 7. The molecule has 34 nitrogen and oxygen atoms in total. The van der Waals surface area contributed by atoms with Gasteiger partial charge in [-0.2, -0.15) is 0 Å². The minimum Gasteiger partial charge on any atom is -0.508 e. The lowest BCUT2D eigenvalue weighted by Crippen LogP contribution is -2.58. The van der Waals surface area contributed by atoms with Crippen LogP contribution in [0.15, 0.2) is 296 Å². The lowest BCUT2D eigenvalue weighted by atomic mass is 9.94. The van der Waals surface area contributed by atoms with Crippen molar-refractivity contribution in [1.29, 1.82) is 0 Å². The fraction of sp³-hybridized carbons (Fsp3) is 0.208. The highest BCUT2D eigenvalue weighted by molar-refractivity contribution is 5.71. The molecule has 130 heavy (non-hydrogen) atoms. The minimum absolute atomic E-state index is 0.00887. The molecule has 34 heteroatoms. The van der Waals surface area contributed by atoms with Crippen molar-refractivity contribution >= 4 is 12.6 Å². The van der Waals surface area contributed by atoms with E-state index in [0.717, 1.165) is 11.3 Å². The molecule has 7 aromatic carbocycles. The number of methoxy groups -OCH3 is 1. The normalized spacial score (nSPS) is 15.4. The maximum atomic E-state index is 11.2. The van der Waals surface area contributed by atoms with Crippen molar-refractivity contribution in [3.8, 4) is 46.2 Å². The fourth-order valence-corrected chi connectivity index (χ4v) is 12.2. The van der Waals surface area contributed by atoms with E-state index >= 15 is 0 Å². The molecule has 10 atom stereocenters. The van der Waals surface area contributed by atoms with Crippen LogP contribution < -0.4 is 4.74 Å². The number of hydrogen-bond acceptors (Lipinski definition) is 34. The number of para-hydroxylation sites is 2. The number of aliphatic hydroxyl groups excluding tert-OH is 15. The SMILES string of the molecule is COc1ccc(CO)o1.O=Cc1ccc(CO)o1.O=Cc1ccc(Cc2cc(C(O)c3ccc(Cc4cc(C(O)c5ccc(CO)o5)c(O)c(C(O)c5ccc(CO)o5)c4)o3)ccc2O)o1.OCC1OC(O)C(O)C(O)C1O.OCc1ccc(C(O)c2ccc(O)cc2)o1.Oc1ccc(Cc2ccc(C(O)c3ccc(O)cc3)o2)cc1.Oc1ccccc1.Oc1ccccc1. The lowest BCUT2D eigenvalue weighted by Gasteiger charge is -2.37. The van der Waals surface area contributed by atoms with Crippen LogP contribution in [0.25, 0.3) is 0 Å². The Morgan fingerprint density at radius 2 is 0.662 bits per heavy atom. The van der Waals surface area contributed by atoms with Gasteiger partial charge in [-0.05, 0) is 204 Å². The second kappa shape index (κ2) is 49.8. The first kappa shape index (κ1) is 99.7. The van der Waals surface area contributed by atoms with Gasteiger partial charge < -0.3 is 157 Å². The Kier molecular flexibility index (Phi) is 38.2. The number of furan rings is 8. The number of ether oxygens (including phenoxy) is 2. The van der Waals surface area contributed by atoms with E-state index in [2.05, 4.69) is 4.74 Å². The van der Waals surface area contributed by atoms with E-state index < -0.39 is 86.8 Å². The average molecular weight is 1800 g/mol. The number of aromatic hydroxyl groups is 7. The Bertz CT molecular complexity index is 5690. The summed E-state index contributed by atoms with van der Waals surface area (Å²) < 4.78 is 52.3. The van der Waals surface area contributed by atoms with Gasteiger partial charge in [0.05, 0.1) is 13.7 Å². The molecular formula is C96H98O34. The van der Waals surface area contributed by atoms with E-state index in [4.69, 9.17) is 96.2 Å². The quantitative estimate of drug-likeness (QED) is 0.0236. The van der Waals surface area contributed by atoms with Gasteiger partial charge >= 0.3 is 0 Å². The average Bonchev–Trinajstić information content (AvgIpc) is 1.54. The van der Waals surface area contributed by atoms with Crippen LogP contribution in [0.5, 0.6) is 46.2 Å². The maximum absolute atomic E-state index is 11.2. The van der Waals surface area contributed by atoms with E-state index in [1.165, 1.54) is 86.0 Å². The zero-order valence-electron chi connectivity index (χ0n) is 69.4. The monoisotopic (exact) mass is 1790 g/mol. The van der Waals surface area contributed by atoms with Gasteiger partial charge in [-0.15, -0.1) is 0 Å². The summed E-state index contributed by atoms with van der Waals surface area (Å²) in [5.74, 6) is 6.10. The van der Waals surface area contributed by atoms with Crippen LogP contribution >= 0.6 is 0 Å². The molecule has 0 amide bonds. The highest BCUT2D eigenvalue weighted by Gasteiger charge is 2.42. The second-order valence-corrected chi connectivity index (χ2v) is 28.4. The van der Waals surface area contributed by atoms with Crippen LogP contribution in [-0.4, -0.2) is 169 Å². The summed E-state index contributed by atoms with van der Waals surface area (Å²) in [5, 5.41) is 209. The number of aldehydes is 2. The molecule has 686 valence electrons. The molecular weight excluding hydrogens is 1700 g/mol. The van der Waals surface area contributed by atoms with Gasteiger partial charge in [-0.25, -0.2) is 0 Å². The Balaban J connectivity index is 0.000000191. The van der Waals surface area contributed by atoms with E-state index in [1.54, 1.807) is 152 Å². The topological polar surface area (TPSA) is 603 Å². The molecule has 15 aromatic rings. The minimum atomic E-state index is -1.57. The molecule has 10 unspecified atom stereocenters. The molecule has 0 radical (unpaired) electrons. The Hall–Kier alpha value is -14.1. The first-order valence-corrected chi connectivity index (χ1v) is 39.7. The van der Waals surface area contributed by atoms with Crippen LogP contribution in [0, 0.1) is 0 Å². The van der Waals surface area contributed by atoms with Crippen molar-refractivity contribution in [1.82, 2.24) is 0 Å². The molecule has 0 saturated carbocycles. The Labute approximate surface area is 741 Å². The third kappa shape index (κ3) is 29.2. The number of carbonyl (C=O) groups is 2. The van der Waals surface area contributed by atoms with Crippen LogP contribution in [-0.2, 0) is 57.0 Å². The molecule has 22 N–H and O–H groups in total. The van der Waals surface area contributed by atoms with Crippen molar-refractivity contribution in [2.24, 2.45) is 0 Å². The summed E-state index contributed by atoms with van der Waals surface area (Å²) >= 11 is 0. The molecule has 0 spiro atoms. The summed E-state index contributed by atoms with van der Waals surface area (Å²) in [4.78, 5) is 20.9. The van der Waals surface area contributed by atoms with Crippen LogP contribution in [0.2, 0.25) is 0 Å². The number of hydrogen-bond donors (Lipinski definition) is 22. The zero-order chi connectivity index (χ0) is 93.9. The van der Waals surface area contributed by atoms with Gasteiger partial charge in [0, 0.05) is 42.0 Å². The van der Waals surface area contributed by atoms with Crippen molar-refractivity contribution < 1.29 is 167 Å². The first-order chi connectivity index (χ1) is 62.6. The Morgan fingerprint density at radius 1 is 0.323 bits per heavy atom. The van der Waals surface area contributed by atoms with E-state index in [0.29, 0.717) is 105 Å². The number of rotatable bonds is 25. The van der Waals surface area contributed by atoms with Gasteiger partial charge in [0.1, 0.15) is 203 Å². The Morgan fingerprint density at radius 3 is 1.03 bits per heavy atom. The largest absolute Gasteiger partial charge is 0.508 e. The van der Waals surface area contributed by atoms with Gasteiger partial charge in [0.2, 0.25) is 0 Å². The number of carbonyl (C=O) groups excluding carboxylic acids is 2. The smallest absolute Gasteiger partial charge is 0.284 e. The van der Waals surface area contributed by atoms with E-state index in [1.807, 2.05) is 30.3 Å². The number of aliphatic hydroxyl groups is 15. The van der Waals surface area contributed by atoms with Gasteiger partial charge in [-0.3, -0.25) is 9.59 Å². The lowest BCUT2D eigenvalue weighted by molar-refractivity contribution is -0.286. The van der Waals surface area contributed by atoms with E-state index in [9.17, 15) is 65.8 Å². The van der Waals surface area contributed by atoms with E-state index in [-0.39, 0.29) is 107 Å².